The second-order valence-corrected chi connectivity index (χ2v) is 5.57. The quantitative estimate of drug-likeness (QED) is 0.776. The van der Waals surface area contributed by atoms with Gasteiger partial charge in [-0.2, -0.15) is 0 Å². The van der Waals surface area contributed by atoms with Gasteiger partial charge in [-0.25, -0.2) is 0 Å². The van der Waals surface area contributed by atoms with Crippen LogP contribution >= 0.6 is 11.6 Å². The first-order valence-electron chi connectivity index (χ1n) is 6.63. The minimum Gasteiger partial charge on any atom is -0.493 e. The van der Waals surface area contributed by atoms with Gasteiger partial charge < -0.3 is 4.74 Å². The molecule has 0 aromatic heterocycles. The van der Waals surface area contributed by atoms with Gasteiger partial charge in [0.25, 0.3) is 0 Å². The number of rotatable bonds is 2. The summed E-state index contributed by atoms with van der Waals surface area (Å²) in [6.07, 6.45) is 0.858. The standard InChI is InChI=1S/C17H15ClO2/c1-10-7-14(15(18)8-11(10)2)17(19)13-3-4-16-12(9-13)5-6-20-16/h3-4,7-9H,5-6H2,1-2H3. The maximum Gasteiger partial charge on any atom is 0.194 e. The van der Waals surface area contributed by atoms with Crippen LogP contribution in [0, 0.1) is 13.8 Å². The average molecular weight is 287 g/mol. The molecule has 0 saturated carbocycles. The van der Waals surface area contributed by atoms with Gasteiger partial charge in [0.2, 0.25) is 0 Å². The highest BCUT2D eigenvalue weighted by molar-refractivity contribution is 6.35. The Labute approximate surface area is 123 Å². The monoisotopic (exact) mass is 286 g/mol. The predicted octanol–water partition coefficient (Wildman–Crippen LogP) is 4.12. The van der Waals surface area contributed by atoms with Crippen molar-refractivity contribution in [2.24, 2.45) is 0 Å². The van der Waals surface area contributed by atoms with Gasteiger partial charge in [0.15, 0.2) is 5.78 Å². The topological polar surface area (TPSA) is 26.3 Å². The molecule has 3 heteroatoms. The number of benzene rings is 2. The number of carbonyl (C=O) groups excluding carboxylic acids is 1. The van der Waals surface area contributed by atoms with Crippen LogP contribution in [-0.4, -0.2) is 12.4 Å². The molecule has 0 radical (unpaired) electrons. The van der Waals surface area contributed by atoms with Crippen LogP contribution in [0.5, 0.6) is 5.75 Å². The highest BCUT2D eigenvalue weighted by Gasteiger charge is 2.18. The Morgan fingerprint density at radius 1 is 1.15 bits per heavy atom. The second-order valence-electron chi connectivity index (χ2n) is 5.17. The Hall–Kier alpha value is -1.80. The number of halogens is 1. The Bertz CT molecular complexity index is 704. The lowest BCUT2D eigenvalue weighted by atomic mass is 9.97. The highest BCUT2D eigenvalue weighted by atomic mass is 35.5. The lowest BCUT2D eigenvalue weighted by Gasteiger charge is -2.08. The summed E-state index contributed by atoms with van der Waals surface area (Å²) < 4.78 is 5.46. The normalized spacial score (nSPS) is 12.9. The zero-order valence-corrected chi connectivity index (χ0v) is 12.3. The first-order chi connectivity index (χ1) is 9.56. The van der Waals surface area contributed by atoms with E-state index in [4.69, 9.17) is 16.3 Å². The molecule has 0 atom stereocenters. The molecule has 0 N–H and O–H groups in total. The van der Waals surface area contributed by atoms with Gasteiger partial charge in [0.05, 0.1) is 11.6 Å². The highest BCUT2D eigenvalue weighted by Crippen LogP contribution is 2.29. The van der Waals surface area contributed by atoms with E-state index in [0.29, 0.717) is 22.8 Å². The second kappa shape index (κ2) is 4.95. The number of ether oxygens (including phenoxy) is 1. The third-order valence-electron chi connectivity index (χ3n) is 3.78. The first-order valence-corrected chi connectivity index (χ1v) is 7.01. The molecule has 0 unspecified atom stereocenters. The van der Waals surface area contributed by atoms with Gasteiger partial charge in [-0.3, -0.25) is 4.79 Å². The lowest BCUT2D eigenvalue weighted by Crippen LogP contribution is -2.04. The molecule has 20 heavy (non-hydrogen) atoms. The van der Waals surface area contributed by atoms with Crippen molar-refractivity contribution in [2.45, 2.75) is 20.3 Å². The van der Waals surface area contributed by atoms with E-state index in [2.05, 4.69) is 0 Å². The third kappa shape index (κ3) is 2.20. The number of hydrogen-bond acceptors (Lipinski definition) is 2. The van der Waals surface area contributed by atoms with E-state index >= 15 is 0 Å². The smallest absolute Gasteiger partial charge is 0.194 e. The zero-order valence-electron chi connectivity index (χ0n) is 11.5. The van der Waals surface area contributed by atoms with E-state index in [1.165, 1.54) is 0 Å². The van der Waals surface area contributed by atoms with Gasteiger partial charge in [-0.15, -0.1) is 0 Å². The van der Waals surface area contributed by atoms with Crippen molar-refractivity contribution in [2.75, 3.05) is 6.61 Å². The molecule has 0 bridgehead atoms. The Morgan fingerprint density at radius 2 is 1.90 bits per heavy atom. The first kappa shape index (κ1) is 13.2. The molecular formula is C17H15ClO2. The van der Waals surface area contributed by atoms with Crippen LogP contribution in [0.4, 0.5) is 0 Å². The van der Waals surface area contributed by atoms with Gasteiger partial charge in [0.1, 0.15) is 5.75 Å². The van der Waals surface area contributed by atoms with Gasteiger partial charge in [-0.05, 0) is 60.9 Å². The van der Waals surface area contributed by atoms with Crippen LogP contribution in [0.25, 0.3) is 0 Å². The molecule has 0 spiro atoms. The predicted molar refractivity (Wildman–Crippen MR) is 80.0 cm³/mol. The largest absolute Gasteiger partial charge is 0.493 e. The molecule has 1 heterocycles. The minimum absolute atomic E-state index is 0.0344. The minimum atomic E-state index is -0.0344. The van der Waals surface area contributed by atoms with Gasteiger partial charge in [-0.1, -0.05) is 11.6 Å². The van der Waals surface area contributed by atoms with E-state index in [9.17, 15) is 4.79 Å². The SMILES string of the molecule is Cc1cc(Cl)c(C(=O)c2ccc3c(c2)CCO3)cc1C. The van der Waals surface area contributed by atoms with Crippen molar-refractivity contribution in [3.63, 3.8) is 0 Å². The fourth-order valence-electron chi connectivity index (χ4n) is 2.44. The maximum absolute atomic E-state index is 12.6. The number of carbonyl (C=O) groups is 1. The Kier molecular flexibility index (Phi) is 3.27. The summed E-state index contributed by atoms with van der Waals surface area (Å²) in [5, 5.41) is 0.509. The molecule has 0 amide bonds. The molecule has 2 aromatic rings. The van der Waals surface area contributed by atoms with Crippen molar-refractivity contribution in [1.29, 1.82) is 0 Å². The van der Waals surface area contributed by atoms with Crippen LogP contribution in [0.3, 0.4) is 0 Å². The molecule has 0 fully saturated rings. The number of fused-ring (bicyclic) bond motifs is 1. The summed E-state index contributed by atoms with van der Waals surface area (Å²) in [5.74, 6) is 0.848. The summed E-state index contributed by atoms with van der Waals surface area (Å²) in [4.78, 5) is 12.6. The van der Waals surface area contributed by atoms with Crippen LogP contribution < -0.4 is 4.74 Å². The van der Waals surface area contributed by atoms with E-state index in [-0.39, 0.29) is 5.78 Å². The molecule has 1 aliphatic rings. The van der Waals surface area contributed by atoms with E-state index in [1.54, 1.807) is 6.07 Å². The van der Waals surface area contributed by atoms with Crippen LogP contribution in [-0.2, 0) is 6.42 Å². The summed E-state index contributed by atoms with van der Waals surface area (Å²) in [5.41, 5.74) is 4.49. The fourth-order valence-corrected chi connectivity index (χ4v) is 2.74. The number of hydrogen-bond donors (Lipinski definition) is 0. The van der Waals surface area contributed by atoms with Crippen molar-refractivity contribution < 1.29 is 9.53 Å². The molecule has 0 saturated heterocycles. The van der Waals surface area contributed by atoms with Crippen molar-refractivity contribution in [3.05, 3.63) is 63.2 Å². The summed E-state index contributed by atoms with van der Waals surface area (Å²) in [6, 6.07) is 9.29. The van der Waals surface area contributed by atoms with Crippen molar-refractivity contribution >= 4 is 17.4 Å². The van der Waals surface area contributed by atoms with E-state index in [0.717, 1.165) is 28.9 Å². The van der Waals surface area contributed by atoms with E-state index in [1.807, 2.05) is 38.1 Å². The molecular weight excluding hydrogens is 272 g/mol. The van der Waals surface area contributed by atoms with Crippen molar-refractivity contribution in [1.82, 2.24) is 0 Å². The van der Waals surface area contributed by atoms with Gasteiger partial charge >= 0.3 is 0 Å². The molecule has 2 aromatic carbocycles. The van der Waals surface area contributed by atoms with Gasteiger partial charge in [0, 0.05) is 17.5 Å². The number of aryl methyl sites for hydroxylation is 2. The molecule has 2 nitrogen and oxygen atoms in total. The third-order valence-corrected chi connectivity index (χ3v) is 4.09. The molecule has 102 valence electrons. The van der Waals surface area contributed by atoms with Crippen LogP contribution in [0.15, 0.2) is 30.3 Å². The fraction of sp³-hybridized carbons (Fsp3) is 0.235. The Balaban J connectivity index is 2.03. The molecule has 1 aliphatic heterocycles. The van der Waals surface area contributed by atoms with Crippen LogP contribution in [0.1, 0.15) is 32.6 Å². The molecule has 3 rings (SSSR count). The number of ketones is 1. The zero-order chi connectivity index (χ0) is 14.3. The van der Waals surface area contributed by atoms with E-state index < -0.39 is 0 Å². The summed E-state index contributed by atoms with van der Waals surface area (Å²) >= 11 is 6.22. The summed E-state index contributed by atoms with van der Waals surface area (Å²) in [6.45, 7) is 4.67. The summed E-state index contributed by atoms with van der Waals surface area (Å²) in [7, 11) is 0. The lowest BCUT2D eigenvalue weighted by molar-refractivity contribution is 0.103. The van der Waals surface area contributed by atoms with Crippen molar-refractivity contribution in [3.8, 4) is 5.75 Å². The average Bonchev–Trinajstić information content (AvgIpc) is 2.89. The maximum atomic E-state index is 12.6. The molecule has 0 aliphatic carbocycles. The van der Waals surface area contributed by atoms with Crippen LogP contribution in [0.2, 0.25) is 5.02 Å². The Morgan fingerprint density at radius 3 is 2.70 bits per heavy atom.